The molecule has 0 aliphatic carbocycles. The van der Waals surface area contributed by atoms with Gasteiger partial charge in [0.1, 0.15) is 5.75 Å². The van der Waals surface area contributed by atoms with Crippen molar-refractivity contribution in [2.45, 2.75) is 19.3 Å². The topological polar surface area (TPSA) is 47.6 Å². The maximum atomic E-state index is 12.4. The number of fused-ring (bicyclic) bond motifs is 2. The van der Waals surface area contributed by atoms with E-state index in [2.05, 4.69) is 18.3 Å². The van der Waals surface area contributed by atoms with Gasteiger partial charge in [0.25, 0.3) is 0 Å². The first kappa shape index (κ1) is 13.4. The van der Waals surface area contributed by atoms with Gasteiger partial charge in [-0.2, -0.15) is 0 Å². The summed E-state index contributed by atoms with van der Waals surface area (Å²) in [4.78, 5) is 12.4. The van der Waals surface area contributed by atoms with Gasteiger partial charge >= 0.3 is 5.97 Å². The van der Waals surface area contributed by atoms with Crippen molar-refractivity contribution in [1.82, 2.24) is 5.32 Å². The molecule has 0 radical (unpaired) electrons. The Kier molecular flexibility index (Phi) is 3.42. The summed E-state index contributed by atoms with van der Waals surface area (Å²) in [7, 11) is 0. The molecule has 1 spiro atoms. The highest BCUT2D eigenvalue weighted by Gasteiger charge is 2.55. The van der Waals surface area contributed by atoms with E-state index in [9.17, 15) is 4.79 Å². The highest BCUT2D eigenvalue weighted by molar-refractivity contribution is 5.76. The summed E-state index contributed by atoms with van der Waals surface area (Å²) in [6, 6.07) is 8.07. The lowest BCUT2D eigenvalue weighted by molar-refractivity contribution is -0.150. The minimum Gasteiger partial charge on any atom is -0.493 e. The van der Waals surface area contributed by atoms with E-state index in [0.717, 1.165) is 17.9 Å². The first-order valence-corrected chi connectivity index (χ1v) is 7.29. The SMILES string of the molecule is CCOC(=O)C1CNCC12c1ccccc1OCC2C. The minimum absolute atomic E-state index is 0.0962. The van der Waals surface area contributed by atoms with Crippen LogP contribution in [0.4, 0.5) is 0 Å². The van der Waals surface area contributed by atoms with Crippen LogP contribution in [0.3, 0.4) is 0 Å². The largest absolute Gasteiger partial charge is 0.493 e. The van der Waals surface area contributed by atoms with E-state index in [1.165, 1.54) is 0 Å². The molecule has 0 saturated carbocycles. The zero-order valence-electron chi connectivity index (χ0n) is 12.0. The van der Waals surface area contributed by atoms with Crippen LogP contribution < -0.4 is 10.1 Å². The van der Waals surface area contributed by atoms with Crippen molar-refractivity contribution in [2.75, 3.05) is 26.3 Å². The van der Waals surface area contributed by atoms with Crippen LogP contribution in [0.1, 0.15) is 19.4 Å². The molecule has 1 aromatic carbocycles. The molecule has 0 aromatic heterocycles. The van der Waals surface area contributed by atoms with Gasteiger partial charge in [0.05, 0.1) is 19.1 Å². The lowest BCUT2D eigenvalue weighted by atomic mass is 9.63. The summed E-state index contributed by atoms with van der Waals surface area (Å²) in [5.41, 5.74) is 0.933. The van der Waals surface area contributed by atoms with Crippen molar-refractivity contribution < 1.29 is 14.3 Å². The number of carbonyl (C=O) groups excluding carboxylic acids is 1. The minimum atomic E-state index is -0.207. The quantitative estimate of drug-likeness (QED) is 0.835. The van der Waals surface area contributed by atoms with Crippen LogP contribution in [0.2, 0.25) is 0 Å². The molecule has 4 heteroatoms. The number of para-hydroxylation sites is 1. The maximum absolute atomic E-state index is 12.4. The molecule has 3 atom stereocenters. The van der Waals surface area contributed by atoms with Crippen molar-refractivity contribution in [1.29, 1.82) is 0 Å². The summed E-state index contributed by atoms with van der Waals surface area (Å²) in [6.45, 7) is 6.57. The third-order valence-corrected chi connectivity index (χ3v) is 4.72. The molecule has 1 fully saturated rings. The second-order valence-electron chi connectivity index (χ2n) is 5.68. The van der Waals surface area contributed by atoms with Crippen LogP contribution in [-0.4, -0.2) is 32.3 Å². The molecule has 2 aliphatic heterocycles. The van der Waals surface area contributed by atoms with Gasteiger partial charge in [0.2, 0.25) is 0 Å². The molecule has 3 unspecified atom stereocenters. The van der Waals surface area contributed by atoms with Crippen molar-refractivity contribution in [3.8, 4) is 5.75 Å². The molecule has 3 rings (SSSR count). The molecular weight excluding hydrogens is 254 g/mol. The summed E-state index contributed by atoms with van der Waals surface area (Å²) in [5.74, 6) is 0.953. The normalized spacial score (nSPS) is 31.7. The molecule has 1 N–H and O–H groups in total. The number of ether oxygens (including phenoxy) is 2. The number of nitrogens with one attached hydrogen (secondary N) is 1. The zero-order valence-corrected chi connectivity index (χ0v) is 12.0. The monoisotopic (exact) mass is 275 g/mol. The lowest BCUT2D eigenvalue weighted by Crippen LogP contribution is -2.49. The standard InChI is InChI=1S/C16H21NO3/c1-3-19-15(18)13-8-17-10-16(13)11(2)9-20-14-7-5-4-6-12(14)16/h4-7,11,13,17H,3,8-10H2,1-2H3. The fraction of sp³-hybridized carbons (Fsp3) is 0.562. The smallest absolute Gasteiger partial charge is 0.311 e. The number of hydrogen-bond donors (Lipinski definition) is 1. The summed E-state index contributed by atoms with van der Waals surface area (Å²) < 4.78 is 11.1. The molecule has 2 heterocycles. The Morgan fingerprint density at radius 2 is 2.30 bits per heavy atom. The van der Waals surface area contributed by atoms with Gasteiger partial charge in [-0.25, -0.2) is 0 Å². The Bertz CT molecular complexity index is 516. The van der Waals surface area contributed by atoms with Crippen molar-refractivity contribution in [3.05, 3.63) is 29.8 Å². The first-order valence-electron chi connectivity index (χ1n) is 7.29. The van der Waals surface area contributed by atoms with Gasteiger partial charge in [0.15, 0.2) is 0 Å². The molecular formula is C16H21NO3. The highest BCUT2D eigenvalue weighted by atomic mass is 16.5. The molecule has 108 valence electrons. The Morgan fingerprint density at radius 1 is 1.50 bits per heavy atom. The Hall–Kier alpha value is -1.55. The van der Waals surface area contributed by atoms with E-state index < -0.39 is 0 Å². The van der Waals surface area contributed by atoms with Crippen LogP contribution >= 0.6 is 0 Å². The fourth-order valence-electron chi connectivity index (χ4n) is 3.67. The van der Waals surface area contributed by atoms with Crippen molar-refractivity contribution >= 4 is 5.97 Å². The Balaban J connectivity index is 2.07. The van der Waals surface area contributed by atoms with Crippen LogP contribution in [-0.2, 0) is 14.9 Å². The van der Waals surface area contributed by atoms with E-state index in [1.54, 1.807) is 0 Å². The van der Waals surface area contributed by atoms with E-state index in [-0.39, 0.29) is 23.2 Å². The van der Waals surface area contributed by atoms with Crippen LogP contribution in [0, 0.1) is 11.8 Å². The molecule has 20 heavy (non-hydrogen) atoms. The molecule has 1 aromatic rings. The zero-order chi connectivity index (χ0) is 14.2. The van der Waals surface area contributed by atoms with Crippen LogP contribution in [0.15, 0.2) is 24.3 Å². The highest BCUT2D eigenvalue weighted by Crippen LogP contribution is 2.49. The molecule has 0 bridgehead atoms. The maximum Gasteiger partial charge on any atom is 0.311 e. The molecule has 4 nitrogen and oxygen atoms in total. The average Bonchev–Trinajstić information content (AvgIpc) is 2.90. The third kappa shape index (κ3) is 1.82. The van der Waals surface area contributed by atoms with Gasteiger partial charge < -0.3 is 14.8 Å². The average molecular weight is 275 g/mol. The molecule has 0 amide bonds. The third-order valence-electron chi connectivity index (χ3n) is 4.72. The first-order chi connectivity index (χ1) is 9.70. The fourth-order valence-corrected chi connectivity index (χ4v) is 3.67. The van der Waals surface area contributed by atoms with Crippen molar-refractivity contribution in [3.63, 3.8) is 0 Å². The number of rotatable bonds is 2. The predicted octanol–water partition coefficient (Wildman–Crippen LogP) is 1.74. The number of hydrogen-bond acceptors (Lipinski definition) is 4. The van der Waals surface area contributed by atoms with E-state index in [1.807, 2.05) is 25.1 Å². The molecule has 1 saturated heterocycles. The Labute approximate surface area is 119 Å². The lowest BCUT2D eigenvalue weighted by Gasteiger charge is -2.43. The summed E-state index contributed by atoms with van der Waals surface area (Å²) >= 11 is 0. The van der Waals surface area contributed by atoms with Gasteiger partial charge in [0, 0.05) is 30.0 Å². The second kappa shape index (κ2) is 5.09. The predicted molar refractivity (Wildman–Crippen MR) is 75.8 cm³/mol. The summed E-state index contributed by atoms with van der Waals surface area (Å²) in [6.07, 6.45) is 0. The van der Waals surface area contributed by atoms with Gasteiger partial charge in [-0.3, -0.25) is 4.79 Å². The number of esters is 1. The van der Waals surface area contributed by atoms with Gasteiger partial charge in [-0.05, 0) is 13.0 Å². The van der Waals surface area contributed by atoms with E-state index in [0.29, 0.717) is 19.8 Å². The number of benzene rings is 1. The van der Waals surface area contributed by atoms with Gasteiger partial charge in [-0.15, -0.1) is 0 Å². The van der Waals surface area contributed by atoms with E-state index >= 15 is 0 Å². The van der Waals surface area contributed by atoms with Crippen molar-refractivity contribution in [2.24, 2.45) is 11.8 Å². The number of carbonyl (C=O) groups is 1. The van der Waals surface area contributed by atoms with Gasteiger partial charge in [-0.1, -0.05) is 25.1 Å². The Morgan fingerprint density at radius 3 is 3.10 bits per heavy atom. The van der Waals surface area contributed by atoms with Crippen LogP contribution in [0.5, 0.6) is 5.75 Å². The van der Waals surface area contributed by atoms with E-state index in [4.69, 9.17) is 9.47 Å². The van der Waals surface area contributed by atoms with Crippen LogP contribution in [0.25, 0.3) is 0 Å². The summed E-state index contributed by atoms with van der Waals surface area (Å²) in [5, 5.41) is 3.39. The molecule has 2 aliphatic rings. The second-order valence-corrected chi connectivity index (χ2v) is 5.68.